The molecule has 0 saturated heterocycles. The second-order valence-electron chi connectivity index (χ2n) is 10.9. The lowest BCUT2D eigenvalue weighted by Crippen LogP contribution is -2.45. The zero-order chi connectivity index (χ0) is 29.7. The van der Waals surface area contributed by atoms with E-state index in [1.807, 2.05) is 25.9 Å². The molecule has 1 aliphatic heterocycles. The van der Waals surface area contributed by atoms with Crippen LogP contribution in [-0.2, 0) is 29.4 Å². The van der Waals surface area contributed by atoms with Crippen molar-refractivity contribution in [2.24, 2.45) is 0 Å². The van der Waals surface area contributed by atoms with Crippen molar-refractivity contribution in [2.75, 3.05) is 49.0 Å². The van der Waals surface area contributed by atoms with Crippen LogP contribution in [0.5, 0.6) is 0 Å². The standard InChI is InChI=1S/C29H32F3N7O2/c1-16-5-6-20(13-22(16)39-15-18-14-35-27(33)37-24(18)28(8-9-28)26(39)41)36-25(40)21-12-19(29(30,31)32)11-17(23(21)34-2)7-10-38(3)4/h5-6,11-14,34H,7-10,15H2,1-4H3,(H,36,40)(H2,33,35,37). The quantitative estimate of drug-likeness (QED) is 0.389. The minimum atomic E-state index is -4.62. The number of anilines is 4. The molecule has 1 aromatic heterocycles. The minimum absolute atomic E-state index is 0.101. The number of nitrogens with one attached hydrogen (secondary N) is 2. The van der Waals surface area contributed by atoms with Gasteiger partial charge in [0.15, 0.2) is 0 Å². The third-order valence-corrected chi connectivity index (χ3v) is 7.70. The minimum Gasteiger partial charge on any atom is -0.387 e. The Labute approximate surface area is 235 Å². The van der Waals surface area contributed by atoms with Crippen molar-refractivity contribution in [1.29, 1.82) is 0 Å². The van der Waals surface area contributed by atoms with Crippen LogP contribution in [0, 0.1) is 6.92 Å². The third-order valence-electron chi connectivity index (χ3n) is 7.70. The van der Waals surface area contributed by atoms with E-state index in [9.17, 15) is 22.8 Å². The Balaban J connectivity index is 1.48. The fraction of sp³-hybridized carbons (Fsp3) is 0.379. The molecule has 4 N–H and O–H groups in total. The zero-order valence-electron chi connectivity index (χ0n) is 23.3. The van der Waals surface area contributed by atoms with Gasteiger partial charge in [0.2, 0.25) is 11.9 Å². The first kappa shape index (κ1) is 28.3. The molecule has 5 rings (SSSR count). The zero-order valence-corrected chi connectivity index (χ0v) is 23.3. The summed E-state index contributed by atoms with van der Waals surface area (Å²) in [6.45, 7) is 2.59. The van der Waals surface area contributed by atoms with Gasteiger partial charge in [-0.2, -0.15) is 13.2 Å². The first-order chi connectivity index (χ1) is 19.3. The van der Waals surface area contributed by atoms with E-state index >= 15 is 0 Å². The third kappa shape index (κ3) is 5.31. The molecule has 2 aromatic carbocycles. The lowest BCUT2D eigenvalue weighted by atomic mass is 9.91. The highest BCUT2D eigenvalue weighted by Crippen LogP contribution is 2.53. The molecule has 12 heteroatoms. The van der Waals surface area contributed by atoms with Crippen LogP contribution in [0.15, 0.2) is 36.5 Å². The van der Waals surface area contributed by atoms with Crippen LogP contribution in [-0.4, -0.2) is 54.4 Å². The molecular weight excluding hydrogens is 535 g/mol. The van der Waals surface area contributed by atoms with Crippen LogP contribution in [0.1, 0.15) is 51.1 Å². The number of aryl methyl sites for hydroxylation is 1. The van der Waals surface area contributed by atoms with Crippen molar-refractivity contribution in [3.63, 3.8) is 0 Å². The number of nitrogen functional groups attached to an aromatic ring is 1. The molecule has 1 saturated carbocycles. The molecule has 2 aliphatic rings. The molecule has 1 fully saturated rings. The summed E-state index contributed by atoms with van der Waals surface area (Å²) in [7, 11) is 5.23. The fourth-order valence-electron chi connectivity index (χ4n) is 5.38. The number of aromatic nitrogens is 2. The number of benzene rings is 2. The van der Waals surface area contributed by atoms with Crippen molar-refractivity contribution in [3.8, 4) is 0 Å². The maximum absolute atomic E-state index is 13.8. The summed E-state index contributed by atoms with van der Waals surface area (Å²) in [5, 5.41) is 5.67. The van der Waals surface area contributed by atoms with E-state index in [0.29, 0.717) is 54.1 Å². The van der Waals surface area contributed by atoms with Crippen LogP contribution >= 0.6 is 0 Å². The van der Waals surface area contributed by atoms with E-state index in [2.05, 4.69) is 20.6 Å². The number of hydrogen-bond acceptors (Lipinski definition) is 7. The van der Waals surface area contributed by atoms with E-state index in [0.717, 1.165) is 23.3 Å². The molecular formula is C29H32F3N7O2. The monoisotopic (exact) mass is 567 g/mol. The SMILES string of the molecule is CNc1c(CCN(C)C)cc(C(F)(F)F)cc1C(=O)Nc1ccc(C)c(N2Cc3cnc(N)nc3C3(CC3)C2=O)c1. The Morgan fingerprint density at radius 3 is 2.56 bits per heavy atom. The number of carbonyl (C=O) groups excluding carboxylic acids is 2. The van der Waals surface area contributed by atoms with Gasteiger partial charge >= 0.3 is 6.18 Å². The van der Waals surface area contributed by atoms with Crippen molar-refractivity contribution in [1.82, 2.24) is 14.9 Å². The van der Waals surface area contributed by atoms with Crippen molar-refractivity contribution in [3.05, 3.63) is 70.0 Å². The molecule has 0 bridgehead atoms. The van der Waals surface area contributed by atoms with Crippen molar-refractivity contribution >= 4 is 34.8 Å². The van der Waals surface area contributed by atoms with Gasteiger partial charge in [0.25, 0.3) is 5.91 Å². The van der Waals surface area contributed by atoms with Crippen LogP contribution in [0.3, 0.4) is 0 Å². The topological polar surface area (TPSA) is 116 Å². The van der Waals surface area contributed by atoms with Gasteiger partial charge in [0.1, 0.15) is 0 Å². The molecule has 0 unspecified atom stereocenters. The summed E-state index contributed by atoms with van der Waals surface area (Å²) in [4.78, 5) is 39.1. The van der Waals surface area contributed by atoms with Gasteiger partial charge < -0.3 is 26.2 Å². The molecule has 0 atom stereocenters. The maximum Gasteiger partial charge on any atom is 0.416 e. The molecule has 1 aliphatic carbocycles. The fourth-order valence-corrected chi connectivity index (χ4v) is 5.38. The molecule has 2 amide bonds. The van der Waals surface area contributed by atoms with Crippen molar-refractivity contribution < 1.29 is 22.8 Å². The second-order valence-corrected chi connectivity index (χ2v) is 10.9. The highest BCUT2D eigenvalue weighted by Gasteiger charge is 2.58. The number of likely N-dealkylation sites (N-methyl/N-ethyl adjacent to an activating group) is 1. The van der Waals surface area contributed by atoms with Crippen molar-refractivity contribution in [2.45, 2.75) is 44.3 Å². The largest absolute Gasteiger partial charge is 0.416 e. The van der Waals surface area contributed by atoms with Crippen LogP contribution in [0.25, 0.3) is 0 Å². The van der Waals surface area contributed by atoms with Crippen LogP contribution in [0.2, 0.25) is 0 Å². The van der Waals surface area contributed by atoms with Gasteiger partial charge in [0, 0.05) is 42.4 Å². The number of nitrogens with zero attached hydrogens (tertiary/aromatic N) is 4. The highest BCUT2D eigenvalue weighted by molar-refractivity contribution is 6.10. The van der Waals surface area contributed by atoms with E-state index in [4.69, 9.17) is 5.73 Å². The van der Waals surface area contributed by atoms with Gasteiger partial charge in [-0.1, -0.05) is 6.07 Å². The van der Waals surface area contributed by atoms with E-state index in [1.165, 1.54) is 0 Å². The molecule has 216 valence electrons. The predicted molar refractivity (Wildman–Crippen MR) is 151 cm³/mol. The van der Waals surface area contributed by atoms with Gasteiger partial charge in [0.05, 0.1) is 28.8 Å². The van der Waals surface area contributed by atoms with Gasteiger partial charge in [-0.15, -0.1) is 0 Å². The Morgan fingerprint density at radius 1 is 1.20 bits per heavy atom. The Morgan fingerprint density at radius 2 is 1.93 bits per heavy atom. The van der Waals surface area contributed by atoms with E-state index in [1.54, 1.807) is 36.3 Å². The number of carbonyl (C=O) groups is 2. The molecule has 1 spiro atoms. The Bertz CT molecular complexity index is 1530. The maximum atomic E-state index is 13.8. The summed E-state index contributed by atoms with van der Waals surface area (Å²) < 4.78 is 41.4. The highest BCUT2D eigenvalue weighted by atomic mass is 19.4. The number of rotatable bonds is 7. The smallest absolute Gasteiger partial charge is 0.387 e. The average Bonchev–Trinajstić information content (AvgIpc) is 3.72. The van der Waals surface area contributed by atoms with Gasteiger partial charge in [-0.05, 0) is 75.7 Å². The number of hydrogen-bond donors (Lipinski definition) is 3. The van der Waals surface area contributed by atoms with Gasteiger partial charge in [-0.25, -0.2) is 9.97 Å². The van der Waals surface area contributed by atoms with E-state index in [-0.39, 0.29) is 24.0 Å². The summed E-state index contributed by atoms with van der Waals surface area (Å²) in [6, 6.07) is 7.05. The normalized spacial score (nSPS) is 15.7. The lowest BCUT2D eigenvalue weighted by molar-refractivity contribution is -0.137. The molecule has 0 radical (unpaired) electrons. The molecule has 41 heavy (non-hydrogen) atoms. The second kappa shape index (κ2) is 10.3. The number of alkyl halides is 3. The Hall–Kier alpha value is -4.19. The first-order valence-electron chi connectivity index (χ1n) is 13.3. The average molecular weight is 568 g/mol. The van der Waals surface area contributed by atoms with E-state index < -0.39 is 23.1 Å². The Kier molecular flexibility index (Phi) is 7.14. The van der Waals surface area contributed by atoms with Gasteiger partial charge in [-0.3, -0.25) is 9.59 Å². The summed E-state index contributed by atoms with van der Waals surface area (Å²) in [6.07, 6.45) is -1.36. The molecule has 3 aromatic rings. The lowest BCUT2D eigenvalue weighted by Gasteiger charge is -2.34. The summed E-state index contributed by atoms with van der Waals surface area (Å²) in [5.74, 6) is -0.674. The number of amides is 2. The van der Waals surface area contributed by atoms with Crippen LogP contribution < -0.4 is 21.3 Å². The number of nitrogens with two attached hydrogens (primary N) is 1. The first-order valence-corrected chi connectivity index (χ1v) is 13.3. The predicted octanol–water partition coefficient (Wildman–Crippen LogP) is 4.36. The summed E-state index contributed by atoms with van der Waals surface area (Å²) in [5.41, 5.74) is 7.98. The summed E-state index contributed by atoms with van der Waals surface area (Å²) >= 11 is 0. The van der Waals surface area contributed by atoms with Crippen LogP contribution in [0.4, 0.5) is 36.2 Å². The number of fused-ring (bicyclic) bond motifs is 2. The molecule has 9 nitrogen and oxygen atoms in total. The number of halogens is 3. The molecule has 2 heterocycles.